The maximum absolute atomic E-state index is 11.8. The third-order valence-corrected chi connectivity index (χ3v) is 3.80. The number of hydrogen-bond donors (Lipinski definition) is 0. The van der Waals surface area contributed by atoms with E-state index in [4.69, 9.17) is 10.00 Å². The van der Waals surface area contributed by atoms with Crippen molar-refractivity contribution >= 4 is 16.9 Å². The fourth-order valence-electron chi connectivity index (χ4n) is 2.53. The lowest BCUT2D eigenvalue weighted by molar-refractivity contribution is -0.151. The molecule has 0 aliphatic carbocycles. The number of hydrogen-bond acceptors (Lipinski definition) is 4. The number of carbonyl (C=O) groups is 1. The van der Waals surface area contributed by atoms with Crippen LogP contribution in [0.3, 0.4) is 0 Å². The van der Waals surface area contributed by atoms with Gasteiger partial charge in [-0.2, -0.15) is 5.26 Å². The molecule has 0 saturated carbocycles. The molecule has 5 heteroatoms. The van der Waals surface area contributed by atoms with Gasteiger partial charge in [0.2, 0.25) is 0 Å². The Hall–Kier alpha value is -3.13. The summed E-state index contributed by atoms with van der Waals surface area (Å²) in [6, 6.07) is 13.4. The zero-order valence-electron chi connectivity index (χ0n) is 13.6. The van der Waals surface area contributed by atoms with Crippen molar-refractivity contribution in [1.82, 2.24) is 9.55 Å². The van der Waals surface area contributed by atoms with E-state index in [1.807, 2.05) is 34.9 Å². The van der Waals surface area contributed by atoms with Crippen LogP contribution in [0.5, 0.6) is 0 Å². The van der Waals surface area contributed by atoms with Crippen LogP contribution in [0.25, 0.3) is 22.2 Å². The van der Waals surface area contributed by atoms with Crippen LogP contribution in [0.1, 0.15) is 19.4 Å². The lowest BCUT2D eigenvalue weighted by atomic mass is 10.1. The van der Waals surface area contributed by atoms with E-state index in [1.165, 1.54) is 0 Å². The highest BCUT2D eigenvalue weighted by Gasteiger charge is 2.14. The van der Waals surface area contributed by atoms with Gasteiger partial charge in [0.05, 0.1) is 28.8 Å². The number of fused-ring (bicyclic) bond motifs is 1. The van der Waals surface area contributed by atoms with Crippen molar-refractivity contribution in [2.45, 2.75) is 20.6 Å². The molecular weight excluding hydrogens is 302 g/mol. The summed E-state index contributed by atoms with van der Waals surface area (Å²) in [5.41, 5.74) is 3.32. The smallest absolute Gasteiger partial charge is 0.310 e. The maximum atomic E-state index is 11.8. The third kappa shape index (κ3) is 2.99. The summed E-state index contributed by atoms with van der Waals surface area (Å²) >= 11 is 0. The highest BCUT2D eigenvalue weighted by atomic mass is 16.5. The molecule has 0 saturated heterocycles. The predicted molar refractivity (Wildman–Crippen MR) is 90.8 cm³/mol. The second-order valence-corrected chi connectivity index (χ2v) is 5.83. The second-order valence-electron chi connectivity index (χ2n) is 5.83. The molecule has 3 aromatic rings. The molecule has 120 valence electrons. The molecule has 0 N–H and O–H groups in total. The minimum Gasteiger partial charge on any atom is -0.444 e. The maximum Gasteiger partial charge on any atom is 0.310 e. The van der Waals surface area contributed by atoms with Gasteiger partial charge in [0, 0.05) is 23.3 Å². The number of carbonyl (C=O) groups excluding carboxylic acids is 1. The molecule has 2 aromatic heterocycles. The van der Waals surface area contributed by atoms with Crippen molar-refractivity contribution in [3.8, 4) is 17.3 Å². The summed E-state index contributed by atoms with van der Waals surface area (Å²) in [6.07, 6.45) is 3.48. The van der Waals surface area contributed by atoms with Crippen LogP contribution in [0.2, 0.25) is 0 Å². The fourth-order valence-corrected chi connectivity index (χ4v) is 2.53. The van der Waals surface area contributed by atoms with E-state index in [2.05, 4.69) is 11.1 Å². The summed E-state index contributed by atoms with van der Waals surface area (Å²) in [5, 5.41) is 10.0. The number of nitriles is 1. The molecule has 5 nitrogen and oxygen atoms in total. The molecule has 0 atom stereocenters. The molecule has 0 radical (unpaired) electrons. The van der Waals surface area contributed by atoms with Crippen molar-refractivity contribution in [2.75, 3.05) is 0 Å². The first-order valence-electron chi connectivity index (χ1n) is 7.70. The van der Waals surface area contributed by atoms with Crippen molar-refractivity contribution in [3.63, 3.8) is 0 Å². The average molecular weight is 319 g/mol. The van der Waals surface area contributed by atoms with Gasteiger partial charge < -0.3 is 9.30 Å². The molecule has 2 heterocycles. The molecule has 0 bridgehead atoms. The number of nitrogens with zero attached hydrogens (tertiary/aromatic N) is 3. The van der Waals surface area contributed by atoms with E-state index in [0.717, 1.165) is 22.2 Å². The number of aromatic nitrogens is 2. The molecule has 0 aliphatic heterocycles. The van der Waals surface area contributed by atoms with E-state index in [9.17, 15) is 4.79 Å². The molecule has 0 spiro atoms. The fraction of sp³-hybridized carbons (Fsp3) is 0.211. The van der Waals surface area contributed by atoms with Crippen LogP contribution < -0.4 is 0 Å². The summed E-state index contributed by atoms with van der Waals surface area (Å²) in [4.78, 5) is 16.0. The first-order chi connectivity index (χ1) is 11.6. The Morgan fingerprint density at radius 3 is 2.83 bits per heavy atom. The number of ether oxygens (including phenoxy) is 1. The van der Waals surface area contributed by atoms with Crippen molar-refractivity contribution in [3.05, 3.63) is 54.4 Å². The van der Waals surface area contributed by atoms with E-state index in [-0.39, 0.29) is 18.6 Å². The number of esters is 1. The van der Waals surface area contributed by atoms with Gasteiger partial charge in [-0.15, -0.1) is 0 Å². The van der Waals surface area contributed by atoms with Crippen molar-refractivity contribution < 1.29 is 9.53 Å². The van der Waals surface area contributed by atoms with Gasteiger partial charge in [0.1, 0.15) is 0 Å². The van der Waals surface area contributed by atoms with Gasteiger partial charge in [0.15, 0.2) is 6.73 Å². The molecule has 24 heavy (non-hydrogen) atoms. The monoisotopic (exact) mass is 319 g/mol. The predicted octanol–water partition coefficient (Wildman–Crippen LogP) is 3.73. The zero-order valence-corrected chi connectivity index (χ0v) is 13.6. The zero-order chi connectivity index (χ0) is 17.1. The molecule has 1 aromatic carbocycles. The van der Waals surface area contributed by atoms with E-state index in [0.29, 0.717) is 5.56 Å². The number of benzene rings is 1. The third-order valence-electron chi connectivity index (χ3n) is 3.80. The highest BCUT2D eigenvalue weighted by Crippen LogP contribution is 2.28. The van der Waals surface area contributed by atoms with Gasteiger partial charge in [-0.05, 0) is 36.4 Å². The Kier molecular flexibility index (Phi) is 4.30. The Labute approximate surface area is 140 Å². The Morgan fingerprint density at radius 2 is 2.17 bits per heavy atom. The van der Waals surface area contributed by atoms with Crippen LogP contribution in [-0.4, -0.2) is 15.5 Å². The standard InChI is InChI=1S/C19H17N3O2/c1-13(2)19(23)24-12-22-17-6-5-14(10-20)8-16(17)9-18(22)15-4-3-7-21-11-15/h3-9,11,13H,12H2,1-2H3. The van der Waals surface area contributed by atoms with E-state index < -0.39 is 0 Å². The number of pyridine rings is 1. The SMILES string of the molecule is CC(C)C(=O)OCn1c(-c2cccnc2)cc2cc(C#N)ccc21. The quantitative estimate of drug-likeness (QED) is 0.687. The summed E-state index contributed by atoms with van der Waals surface area (Å²) < 4.78 is 7.34. The van der Waals surface area contributed by atoms with Gasteiger partial charge in [-0.1, -0.05) is 13.8 Å². The summed E-state index contributed by atoms with van der Waals surface area (Å²) in [7, 11) is 0. The first-order valence-corrected chi connectivity index (χ1v) is 7.70. The van der Waals surface area contributed by atoms with Gasteiger partial charge in [-0.25, -0.2) is 0 Å². The van der Waals surface area contributed by atoms with Gasteiger partial charge in [-0.3, -0.25) is 9.78 Å². The van der Waals surface area contributed by atoms with Crippen LogP contribution >= 0.6 is 0 Å². The topological polar surface area (TPSA) is 67.9 Å². The molecule has 3 rings (SSSR count). The lowest BCUT2D eigenvalue weighted by Crippen LogP contribution is -2.15. The minimum atomic E-state index is -0.248. The molecular formula is C19H17N3O2. The normalized spacial score (nSPS) is 10.8. The summed E-state index contributed by atoms with van der Waals surface area (Å²) in [5.74, 6) is -0.429. The molecule has 0 unspecified atom stereocenters. The van der Waals surface area contributed by atoms with Crippen LogP contribution in [0, 0.1) is 17.2 Å². The average Bonchev–Trinajstić information content (AvgIpc) is 2.97. The Bertz CT molecular complexity index is 921. The van der Waals surface area contributed by atoms with Crippen molar-refractivity contribution in [2.24, 2.45) is 5.92 Å². The highest BCUT2D eigenvalue weighted by molar-refractivity contribution is 5.88. The Balaban J connectivity index is 2.09. The van der Waals surface area contributed by atoms with Crippen LogP contribution in [-0.2, 0) is 16.3 Å². The van der Waals surface area contributed by atoms with E-state index in [1.54, 1.807) is 32.3 Å². The minimum absolute atomic E-state index is 0.122. The number of rotatable bonds is 4. The summed E-state index contributed by atoms with van der Waals surface area (Å²) in [6.45, 7) is 3.73. The second kappa shape index (κ2) is 6.55. The Morgan fingerprint density at radius 1 is 1.33 bits per heavy atom. The van der Waals surface area contributed by atoms with Crippen LogP contribution in [0.4, 0.5) is 0 Å². The lowest BCUT2D eigenvalue weighted by Gasteiger charge is -2.13. The molecule has 0 fully saturated rings. The van der Waals surface area contributed by atoms with E-state index >= 15 is 0 Å². The van der Waals surface area contributed by atoms with Crippen molar-refractivity contribution in [1.29, 1.82) is 5.26 Å². The molecule has 0 amide bonds. The first kappa shape index (κ1) is 15.8. The van der Waals surface area contributed by atoms with Gasteiger partial charge in [0.25, 0.3) is 0 Å². The largest absolute Gasteiger partial charge is 0.444 e. The van der Waals surface area contributed by atoms with Crippen LogP contribution in [0.15, 0.2) is 48.8 Å². The van der Waals surface area contributed by atoms with Gasteiger partial charge >= 0.3 is 5.97 Å². The molecule has 0 aliphatic rings.